The van der Waals surface area contributed by atoms with E-state index in [2.05, 4.69) is 0 Å². The Hall–Kier alpha value is -0.470. The van der Waals surface area contributed by atoms with E-state index >= 15 is 0 Å². The van der Waals surface area contributed by atoms with Crippen molar-refractivity contribution in [2.75, 3.05) is 0 Å². The minimum Gasteiger partial charge on any atom is -0.191 e. The van der Waals surface area contributed by atoms with Crippen LogP contribution in [0.3, 0.4) is 0 Å². The highest BCUT2D eigenvalue weighted by Crippen LogP contribution is 2.05. The van der Waals surface area contributed by atoms with E-state index in [1.807, 2.05) is 30.3 Å². The zero-order chi connectivity index (χ0) is 6.53. The Balaban J connectivity index is 2.61. The molecule has 0 aliphatic heterocycles. The second-order valence-corrected chi connectivity index (χ2v) is 2.35. The van der Waals surface area contributed by atoms with Crippen molar-refractivity contribution in [2.24, 2.45) is 0 Å². The van der Waals surface area contributed by atoms with Gasteiger partial charge in [0.05, 0.1) is 0 Å². The molecule has 1 aromatic carbocycles. The summed E-state index contributed by atoms with van der Waals surface area (Å²) in [5, 5.41) is 6.86. The lowest BCUT2D eigenvalue weighted by Crippen LogP contribution is -1.76. The van der Waals surface area contributed by atoms with Gasteiger partial charge in [0.2, 0.25) is 0 Å². The maximum atomic E-state index is 6.86. The second-order valence-electron chi connectivity index (χ2n) is 1.77. The highest BCUT2D eigenvalue weighted by Gasteiger charge is 1.85. The van der Waals surface area contributed by atoms with Gasteiger partial charge in [0.1, 0.15) is 0 Å². The molecule has 0 atom stereocenters. The van der Waals surface area contributed by atoms with E-state index < -0.39 is 0 Å². The molecule has 0 bridgehead atoms. The van der Waals surface area contributed by atoms with Gasteiger partial charge >= 0.3 is 0 Å². The van der Waals surface area contributed by atoms with E-state index in [1.165, 1.54) is 5.56 Å². The van der Waals surface area contributed by atoms with Gasteiger partial charge in [0, 0.05) is 5.75 Å². The van der Waals surface area contributed by atoms with E-state index in [4.69, 9.17) is 5.14 Å². The average Bonchev–Trinajstić information content (AvgIpc) is 1.91. The lowest BCUT2D eigenvalue weighted by molar-refractivity contribution is 1.41. The molecule has 1 radical (unpaired) electrons. The number of nitrogens with one attached hydrogen (secondary N) is 1. The molecule has 0 saturated heterocycles. The van der Waals surface area contributed by atoms with E-state index in [1.54, 1.807) is 0 Å². The Labute approximate surface area is 59.4 Å². The van der Waals surface area contributed by atoms with Crippen molar-refractivity contribution < 1.29 is 0 Å². The third-order valence-corrected chi connectivity index (χ3v) is 1.56. The monoisotopic (exact) mass is 138 g/mol. The molecule has 0 heterocycles. The summed E-state index contributed by atoms with van der Waals surface area (Å²) in [4.78, 5) is 0. The zero-order valence-corrected chi connectivity index (χ0v) is 5.82. The molecule has 0 saturated carbocycles. The molecule has 1 rings (SSSR count). The lowest BCUT2D eigenvalue weighted by Gasteiger charge is -1.92. The molecule has 0 fully saturated rings. The fraction of sp³-hybridized carbons (Fsp3) is 0.143. The molecular weight excluding hydrogens is 130 g/mol. The Bertz CT molecular complexity index is 162. The molecule has 0 aromatic heterocycles. The van der Waals surface area contributed by atoms with Gasteiger partial charge in [-0.1, -0.05) is 42.3 Å². The smallest absolute Gasteiger partial charge is 0.0342 e. The number of benzene rings is 1. The lowest BCUT2D eigenvalue weighted by atomic mass is 10.2. The zero-order valence-electron chi connectivity index (χ0n) is 5.00. The molecule has 9 heavy (non-hydrogen) atoms. The molecule has 0 spiro atoms. The predicted molar refractivity (Wildman–Crippen MR) is 40.8 cm³/mol. The van der Waals surface area contributed by atoms with Gasteiger partial charge < -0.3 is 0 Å². The highest BCUT2D eigenvalue weighted by atomic mass is 32.2. The third-order valence-electron chi connectivity index (χ3n) is 1.08. The summed E-state index contributed by atoms with van der Waals surface area (Å²) in [7, 11) is 0. The summed E-state index contributed by atoms with van der Waals surface area (Å²) < 4.78 is 0. The van der Waals surface area contributed by atoms with Crippen molar-refractivity contribution >= 4 is 11.9 Å². The summed E-state index contributed by atoms with van der Waals surface area (Å²) >= 11 is 1.10. The van der Waals surface area contributed by atoms with Gasteiger partial charge in [-0.15, -0.1) is 0 Å². The van der Waals surface area contributed by atoms with Crippen LogP contribution in [0.1, 0.15) is 5.56 Å². The Morgan fingerprint density at radius 1 is 1.22 bits per heavy atom. The Morgan fingerprint density at radius 3 is 2.44 bits per heavy atom. The summed E-state index contributed by atoms with van der Waals surface area (Å²) in [5.41, 5.74) is 1.22. The summed E-state index contributed by atoms with van der Waals surface area (Å²) in [6.07, 6.45) is 0. The minimum absolute atomic E-state index is 0.792. The Kier molecular flexibility index (Phi) is 2.61. The van der Waals surface area contributed by atoms with E-state index in [0.717, 1.165) is 17.7 Å². The van der Waals surface area contributed by atoms with Crippen LogP contribution in [0.25, 0.3) is 0 Å². The van der Waals surface area contributed by atoms with Crippen LogP contribution in [0.5, 0.6) is 0 Å². The maximum Gasteiger partial charge on any atom is 0.0342 e. The van der Waals surface area contributed by atoms with Crippen molar-refractivity contribution in [1.82, 2.24) is 5.14 Å². The molecule has 0 unspecified atom stereocenters. The minimum atomic E-state index is 0.792. The van der Waals surface area contributed by atoms with Crippen molar-refractivity contribution in [2.45, 2.75) is 5.75 Å². The van der Waals surface area contributed by atoms with Crippen molar-refractivity contribution in [3.8, 4) is 0 Å². The highest BCUT2D eigenvalue weighted by molar-refractivity contribution is 7.95. The molecule has 0 aliphatic carbocycles. The van der Waals surface area contributed by atoms with Crippen LogP contribution < -0.4 is 5.14 Å². The molecule has 1 aromatic rings. The van der Waals surface area contributed by atoms with Crippen LogP contribution in [0, 0.1) is 0 Å². The first-order chi connectivity index (χ1) is 4.43. The first kappa shape index (κ1) is 6.65. The van der Waals surface area contributed by atoms with Crippen LogP contribution in [0.2, 0.25) is 0 Å². The van der Waals surface area contributed by atoms with Crippen LogP contribution in [-0.4, -0.2) is 0 Å². The van der Waals surface area contributed by atoms with Crippen molar-refractivity contribution in [3.05, 3.63) is 35.9 Å². The first-order valence-electron chi connectivity index (χ1n) is 2.76. The normalized spacial score (nSPS) is 9.44. The summed E-state index contributed by atoms with van der Waals surface area (Å²) in [6, 6.07) is 10.0. The topological polar surface area (TPSA) is 23.8 Å². The van der Waals surface area contributed by atoms with Crippen LogP contribution in [-0.2, 0) is 5.75 Å². The van der Waals surface area contributed by atoms with Gasteiger partial charge in [0.15, 0.2) is 0 Å². The summed E-state index contributed by atoms with van der Waals surface area (Å²) in [5.74, 6) is 0.792. The van der Waals surface area contributed by atoms with Crippen LogP contribution in [0.4, 0.5) is 0 Å². The molecular formula is C7H8NS. The molecule has 0 aliphatic rings. The largest absolute Gasteiger partial charge is 0.191 e. The van der Waals surface area contributed by atoms with Gasteiger partial charge in [0.25, 0.3) is 0 Å². The van der Waals surface area contributed by atoms with E-state index in [0.29, 0.717) is 0 Å². The summed E-state index contributed by atoms with van der Waals surface area (Å²) in [6.45, 7) is 0. The first-order valence-corrected chi connectivity index (χ1v) is 3.74. The predicted octanol–water partition coefficient (Wildman–Crippen LogP) is 2.12. The molecule has 1 nitrogen and oxygen atoms in total. The SMILES string of the molecule is [NH]SCc1ccccc1. The average molecular weight is 138 g/mol. The van der Waals surface area contributed by atoms with Crippen LogP contribution in [0.15, 0.2) is 30.3 Å². The van der Waals surface area contributed by atoms with E-state index in [9.17, 15) is 0 Å². The Morgan fingerprint density at radius 2 is 1.89 bits per heavy atom. The molecule has 47 valence electrons. The van der Waals surface area contributed by atoms with E-state index in [-0.39, 0.29) is 0 Å². The number of hydrogen-bond acceptors (Lipinski definition) is 1. The van der Waals surface area contributed by atoms with Crippen LogP contribution >= 0.6 is 11.9 Å². The standard InChI is InChI=1S/C7H8NS/c8-9-6-7-4-2-1-3-5-7/h1-5,8H,6H2. The number of hydrogen-bond donors (Lipinski definition) is 0. The fourth-order valence-electron chi connectivity index (χ4n) is 0.658. The molecule has 0 amide bonds. The second kappa shape index (κ2) is 3.54. The molecule has 1 N–H and O–H groups in total. The molecule has 2 heteroatoms. The number of rotatable bonds is 2. The van der Waals surface area contributed by atoms with Gasteiger partial charge in [-0.25, -0.2) is 0 Å². The van der Waals surface area contributed by atoms with Gasteiger partial charge in [-0.2, -0.15) is 5.14 Å². The third kappa shape index (κ3) is 2.08. The quantitative estimate of drug-likeness (QED) is 0.574. The van der Waals surface area contributed by atoms with Crippen molar-refractivity contribution in [1.29, 1.82) is 0 Å². The fourth-order valence-corrected chi connectivity index (χ4v) is 1.02. The van der Waals surface area contributed by atoms with Crippen molar-refractivity contribution in [3.63, 3.8) is 0 Å². The maximum absolute atomic E-state index is 6.86. The van der Waals surface area contributed by atoms with Gasteiger partial charge in [-0.3, -0.25) is 0 Å². The van der Waals surface area contributed by atoms with Gasteiger partial charge in [-0.05, 0) is 5.56 Å².